The van der Waals surface area contributed by atoms with E-state index in [0.717, 1.165) is 26.1 Å². The molecule has 0 spiro atoms. The molecular formula is C21H20F2N4O2S. The van der Waals surface area contributed by atoms with Gasteiger partial charge in [0.15, 0.2) is 0 Å². The number of methoxy groups -OCH3 is 1. The third-order valence-electron chi connectivity index (χ3n) is 4.37. The number of carbonyl (C=O) groups excluding carboxylic acids is 1. The van der Waals surface area contributed by atoms with Crippen molar-refractivity contribution in [2.45, 2.75) is 18.9 Å². The molecule has 2 aromatic rings. The van der Waals surface area contributed by atoms with Crippen LogP contribution >= 0.6 is 11.8 Å². The summed E-state index contributed by atoms with van der Waals surface area (Å²) < 4.78 is 33.9. The monoisotopic (exact) mass is 430 g/mol. The highest BCUT2D eigenvalue weighted by atomic mass is 32.2. The second kappa shape index (κ2) is 8.69. The third-order valence-corrected chi connectivity index (χ3v) is 5.66. The molecule has 1 aliphatic heterocycles. The van der Waals surface area contributed by atoms with Gasteiger partial charge in [0.25, 0.3) is 5.91 Å². The number of carbonyl (C=O) groups is 1. The van der Waals surface area contributed by atoms with Gasteiger partial charge in [0, 0.05) is 29.8 Å². The number of aromatic nitrogens is 3. The predicted octanol–water partition coefficient (Wildman–Crippen LogP) is 4.05. The Morgan fingerprint density at radius 3 is 2.93 bits per heavy atom. The Balaban J connectivity index is 1.72. The van der Waals surface area contributed by atoms with Crippen molar-refractivity contribution in [2.75, 3.05) is 7.11 Å². The summed E-state index contributed by atoms with van der Waals surface area (Å²) in [4.78, 5) is 18.5. The lowest BCUT2D eigenvalue weighted by Crippen LogP contribution is -2.34. The molecule has 1 N–H and O–H groups in total. The topological polar surface area (TPSA) is 69.0 Å². The summed E-state index contributed by atoms with van der Waals surface area (Å²) >= 11 is 1.45. The van der Waals surface area contributed by atoms with Crippen molar-refractivity contribution in [1.29, 1.82) is 0 Å². The zero-order valence-corrected chi connectivity index (χ0v) is 17.5. The first-order valence-corrected chi connectivity index (χ1v) is 9.78. The Kier molecular flexibility index (Phi) is 6.24. The number of nitrogens with one attached hydrogen (secondary N) is 1. The average Bonchev–Trinajstić information content (AvgIpc) is 3.16. The van der Waals surface area contributed by atoms with Crippen LogP contribution in [0.4, 0.5) is 8.78 Å². The molecule has 0 radical (unpaired) electrons. The highest BCUT2D eigenvalue weighted by Gasteiger charge is 2.32. The van der Waals surface area contributed by atoms with E-state index >= 15 is 0 Å². The van der Waals surface area contributed by atoms with E-state index in [9.17, 15) is 13.6 Å². The smallest absolute Gasteiger partial charge is 0.309 e. The van der Waals surface area contributed by atoms with Crippen LogP contribution in [0.15, 0.2) is 59.8 Å². The second-order valence-electron chi connectivity index (χ2n) is 6.46. The lowest BCUT2D eigenvalue weighted by Gasteiger charge is -2.19. The average molecular weight is 430 g/mol. The van der Waals surface area contributed by atoms with Crippen LogP contribution in [0.1, 0.15) is 28.7 Å². The number of halogens is 2. The van der Waals surface area contributed by atoms with E-state index in [4.69, 9.17) is 4.74 Å². The largest absolute Gasteiger partial charge is 0.481 e. The van der Waals surface area contributed by atoms with E-state index in [1.165, 1.54) is 18.8 Å². The molecule has 0 saturated carbocycles. The molecule has 3 heterocycles. The van der Waals surface area contributed by atoms with Gasteiger partial charge in [-0.15, -0.1) is 5.73 Å². The van der Waals surface area contributed by atoms with Crippen molar-refractivity contribution in [3.63, 3.8) is 0 Å². The number of ether oxygens (including phenoxy) is 1. The molecule has 1 aliphatic rings. The third kappa shape index (κ3) is 4.53. The standard InChI is InChI=1S/C21H20F2N4O2S/c1-5-21(22,23)18-12-15(27(3)26-18)20(28)25-13(2)16-7-6-8-17(30-16)14-9-10-24-19(11-14)29-4/h5-7,9-13H,1H2,2-4H3,(H,25,28). The fourth-order valence-electron chi connectivity index (χ4n) is 2.71. The molecule has 1 amide bonds. The molecule has 30 heavy (non-hydrogen) atoms. The fraction of sp³-hybridized carbons (Fsp3) is 0.238. The van der Waals surface area contributed by atoms with Gasteiger partial charge in [0.2, 0.25) is 5.88 Å². The van der Waals surface area contributed by atoms with E-state index in [0.29, 0.717) is 12.0 Å². The molecule has 6 nitrogen and oxygen atoms in total. The van der Waals surface area contributed by atoms with Gasteiger partial charge in [-0.3, -0.25) is 9.48 Å². The Hall–Kier alpha value is -3.16. The van der Waals surface area contributed by atoms with Crippen molar-refractivity contribution in [3.05, 3.63) is 76.8 Å². The summed E-state index contributed by atoms with van der Waals surface area (Å²) in [6.45, 7) is 4.93. The normalized spacial score (nSPS) is 14.6. The van der Waals surface area contributed by atoms with Crippen LogP contribution in [0.3, 0.4) is 0 Å². The SMILES string of the molecule is C=CC(F)(F)c1cc(C(=O)NC(C)C2=CC=C=C(c3ccnc(OC)c3)S2)n(C)n1. The minimum Gasteiger partial charge on any atom is -0.481 e. The number of pyridine rings is 1. The Bertz CT molecular complexity index is 1080. The molecule has 3 rings (SSSR count). The molecule has 0 aromatic carbocycles. The van der Waals surface area contributed by atoms with Gasteiger partial charge in [-0.1, -0.05) is 18.3 Å². The number of hydrogen-bond donors (Lipinski definition) is 1. The van der Waals surface area contributed by atoms with Gasteiger partial charge < -0.3 is 10.1 Å². The first kappa shape index (κ1) is 21.5. The highest BCUT2D eigenvalue weighted by Crippen LogP contribution is 2.37. The molecule has 0 saturated heterocycles. The van der Waals surface area contributed by atoms with Gasteiger partial charge in [0.05, 0.1) is 18.1 Å². The first-order chi connectivity index (χ1) is 14.2. The van der Waals surface area contributed by atoms with Crippen molar-refractivity contribution >= 4 is 22.6 Å². The molecule has 1 unspecified atom stereocenters. The van der Waals surface area contributed by atoms with Crippen LogP contribution in [-0.4, -0.2) is 33.8 Å². The minimum atomic E-state index is -3.31. The van der Waals surface area contributed by atoms with Crippen LogP contribution in [0.2, 0.25) is 0 Å². The van der Waals surface area contributed by atoms with E-state index < -0.39 is 17.5 Å². The first-order valence-electron chi connectivity index (χ1n) is 8.97. The van der Waals surface area contributed by atoms with Crippen molar-refractivity contribution < 1.29 is 18.3 Å². The van der Waals surface area contributed by atoms with Crippen molar-refractivity contribution in [3.8, 4) is 5.88 Å². The van der Waals surface area contributed by atoms with E-state index in [1.54, 1.807) is 25.4 Å². The van der Waals surface area contributed by atoms with Crippen molar-refractivity contribution in [1.82, 2.24) is 20.1 Å². The summed E-state index contributed by atoms with van der Waals surface area (Å²) in [5.74, 6) is -3.32. The number of hydrogen-bond acceptors (Lipinski definition) is 5. The summed E-state index contributed by atoms with van der Waals surface area (Å²) in [5, 5.41) is 6.57. The summed E-state index contributed by atoms with van der Waals surface area (Å²) in [6.07, 6.45) is 5.75. The molecule has 0 fully saturated rings. The number of thioether (sulfide) groups is 1. The zero-order valence-electron chi connectivity index (χ0n) is 16.6. The Labute approximate surface area is 177 Å². The van der Waals surface area contributed by atoms with Crippen molar-refractivity contribution in [2.24, 2.45) is 7.05 Å². The van der Waals surface area contributed by atoms with E-state index in [-0.39, 0.29) is 11.7 Å². The maximum atomic E-state index is 13.8. The molecule has 156 valence electrons. The molecule has 1 atom stereocenters. The van der Waals surface area contributed by atoms with E-state index in [1.807, 2.05) is 19.1 Å². The maximum Gasteiger partial charge on any atom is 0.309 e. The van der Waals surface area contributed by atoms with Gasteiger partial charge in [0.1, 0.15) is 11.4 Å². The zero-order chi connectivity index (χ0) is 21.9. The van der Waals surface area contributed by atoms with Crippen LogP contribution in [0, 0.1) is 0 Å². The van der Waals surface area contributed by atoms with Gasteiger partial charge >= 0.3 is 5.92 Å². The van der Waals surface area contributed by atoms with Crippen LogP contribution < -0.4 is 10.1 Å². The number of nitrogens with zero attached hydrogens (tertiary/aromatic N) is 3. The summed E-state index contributed by atoms with van der Waals surface area (Å²) in [6, 6.07) is 4.35. The van der Waals surface area contributed by atoms with Gasteiger partial charge in [-0.2, -0.15) is 13.9 Å². The number of allylic oxidation sites excluding steroid dienone is 3. The molecule has 0 bridgehead atoms. The summed E-state index contributed by atoms with van der Waals surface area (Å²) in [5.41, 5.74) is 3.56. The summed E-state index contributed by atoms with van der Waals surface area (Å²) in [7, 11) is 2.99. The second-order valence-corrected chi connectivity index (χ2v) is 7.54. The Morgan fingerprint density at radius 2 is 2.23 bits per heavy atom. The minimum absolute atomic E-state index is 0.0324. The lowest BCUT2D eigenvalue weighted by atomic mass is 10.2. The van der Waals surface area contributed by atoms with Gasteiger partial charge in [-0.25, -0.2) is 4.98 Å². The Morgan fingerprint density at radius 1 is 1.47 bits per heavy atom. The maximum absolute atomic E-state index is 13.8. The van der Waals surface area contributed by atoms with Gasteiger partial charge in [-0.05, 0) is 37.3 Å². The van der Waals surface area contributed by atoms with E-state index in [2.05, 4.69) is 27.7 Å². The van der Waals surface area contributed by atoms with Crippen LogP contribution in [-0.2, 0) is 13.0 Å². The number of amides is 1. The molecular weight excluding hydrogens is 410 g/mol. The fourth-order valence-corrected chi connectivity index (χ4v) is 3.69. The number of aryl methyl sites for hydroxylation is 1. The quantitative estimate of drug-likeness (QED) is 0.530. The lowest BCUT2D eigenvalue weighted by molar-refractivity contribution is 0.0470. The molecule has 9 heteroatoms. The molecule has 2 aromatic heterocycles. The number of alkyl halides is 2. The number of rotatable bonds is 7. The van der Waals surface area contributed by atoms with Crippen LogP contribution in [0.5, 0.6) is 5.88 Å². The highest BCUT2D eigenvalue weighted by molar-refractivity contribution is 8.11. The predicted molar refractivity (Wildman–Crippen MR) is 112 cm³/mol. The molecule has 0 aliphatic carbocycles. The van der Waals surface area contributed by atoms with Crippen LogP contribution in [0.25, 0.3) is 4.91 Å².